The van der Waals surface area contributed by atoms with Gasteiger partial charge in [0.15, 0.2) is 0 Å². The summed E-state index contributed by atoms with van der Waals surface area (Å²) < 4.78 is 10.9. The van der Waals surface area contributed by atoms with Gasteiger partial charge >= 0.3 is 0 Å². The second-order valence-electron chi connectivity index (χ2n) is 5.09. The molecule has 2 unspecified atom stereocenters. The number of rotatable bonds is 6. The lowest BCUT2D eigenvalue weighted by Gasteiger charge is -2.27. The van der Waals surface area contributed by atoms with Crippen LogP contribution in [0.3, 0.4) is 0 Å². The van der Waals surface area contributed by atoms with Crippen molar-refractivity contribution in [1.29, 1.82) is 0 Å². The molecule has 1 heterocycles. The Morgan fingerprint density at radius 2 is 2.40 bits per heavy atom. The summed E-state index contributed by atoms with van der Waals surface area (Å²) in [6, 6.07) is 6.59. The van der Waals surface area contributed by atoms with Crippen LogP contribution in [0.2, 0.25) is 5.02 Å². The lowest BCUT2D eigenvalue weighted by atomic mass is 10.1. The average molecular weight is 299 g/mol. The molecule has 0 bridgehead atoms. The molecule has 20 heavy (non-hydrogen) atoms. The minimum Gasteiger partial charge on any atom is -0.492 e. The number of benzene rings is 1. The Kier molecular flexibility index (Phi) is 5.95. The second kappa shape index (κ2) is 7.72. The molecule has 1 aliphatic heterocycles. The van der Waals surface area contributed by atoms with Gasteiger partial charge in [0, 0.05) is 24.3 Å². The lowest BCUT2D eigenvalue weighted by Crippen LogP contribution is -2.43. The van der Waals surface area contributed by atoms with E-state index < -0.39 is 0 Å². The molecular formula is C15H23ClN2O2. The van der Waals surface area contributed by atoms with Gasteiger partial charge in [-0.15, -0.1) is 0 Å². The monoisotopic (exact) mass is 298 g/mol. The van der Waals surface area contributed by atoms with Crippen LogP contribution in [0.25, 0.3) is 0 Å². The Morgan fingerprint density at radius 1 is 1.55 bits per heavy atom. The quantitative estimate of drug-likeness (QED) is 0.847. The summed E-state index contributed by atoms with van der Waals surface area (Å²) in [5, 5.41) is 7.57. The first-order chi connectivity index (χ1) is 9.69. The maximum absolute atomic E-state index is 6.19. The van der Waals surface area contributed by atoms with Crippen LogP contribution in [-0.2, 0) is 4.74 Å². The van der Waals surface area contributed by atoms with E-state index in [1.54, 1.807) is 0 Å². The van der Waals surface area contributed by atoms with Crippen molar-refractivity contribution in [3.8, 4) is 5.75 Å². The molecule has 1 aliphatic rings. The van der Waals surface area contributed by atoms with Crippen LogP contribution in [0, 0.1) is 0 Å². The number of morpholine rings is 1. The molecule has 5 heteroatoms. The smallest absolute Gasteiger partial charge is 0.138 e. The maximum atomic E-state index is 6.19. The van der Waals surface area contributed by atoms with Crippen LogP contribution in [0.4, 0.5) is 5.69 Å². The zero-order chi connectivity index (χ0) is 14.4. The van der Waals surface area contributed by atoms with Crippen LogP contribution in [0.5, 0.6) is 5.75 Å². The fraction of sp³-hybridized carbons (Fsp3) is 0.600. The highest BCUT2D eigenvalue weighted by Crippen LogP contribution is 2.28. The number of halogens is 1. The Balaban J connectivity index is 1.86. The van der Waals surface area contributed by atoms with E-state index in [0.717, 1.165) is 37.6 Å². The summed E-state index contributed by atoms with van der Waals surface area (Å²) in [4.78, 5) is 0. The highest BCUT2D eigenvalue weighted by Gasteiger charge is 2.16. The van der Waals surface area contributed by atoms with Crippen LogP contribution < -0.4 is 15.4 Å². The molecule has 1 fully saturated rings. The highest BCUT2D eigenvalue weighted by atomic mass is 35.5. The zero-order valence-corrected chi connectivity index (χ0v) is 12.9. The first-order valence-electron chi connectivity index (χ1n) is 7.19. The zero-order valence-electron chi connectivity index (χ0n) is 12.1. The molecule has 0 aliphatic carbocycles. The van der Waals surface area contributed by atoms with Crippen LogP contribution >= 0.6 is 11.6 Å². The van der Waals surface area contributed by atoms with Gasteiger partial charge in [-0.05, 0) is 38.5 Å². The van der Waals surface area contributed by atoms with E-state index in [0.29, 0.717) is 23.7 Å². The van der Waals surface area contributed by atoms with Gasteiger partial charge in [0.05, 0.1) is 24.8 Å². The van der Waals surface area contributed by atoms with Crippen molar-refractivity contribution in [2.24, 2.45) is 0 Å². The van der Waals surface area contributed by atoms with Crippen molar-refractivity contribution in [2.45, 2.75) is 32.4 Å². The van der Waals surface area contributed by atoms with Gasteiger partial charge in [-0.1, -0.05) is 11.6 Å². The number of anilines is 1. The molecule has 0 aromatic heterocycles. The summed E-state index contributed by atoms with van der Waals surface area (Å²) in [6.07, 6.45) is 1.02. The van der Waals surface area contributed by atoms with Gasteiger partial charge < -0.3 is 20.1 Å². The Labute approximate surface area is 125 Å². The van der Waals surface area contributed by atoms with Crippen LogP contribution in [0.15, 0.2) is 18.2 Å². The number of nitrogens with one attached hydrogen (secondary N) is 2. The molecule has 2 rings (SSSR count). The van der Waals surface area contributed by atoms with Gasteiger partial charge in [-0.3, -0.25) is 0 Å². The third-order valence-electron chi connectivity index (χ3n) is 3.28. The maximum Gasteiger partial charge on any atom is 0.138 e. The van der Waals surface area contributed by atoms with E-state index in [2.05, 4.69) is 17.6 Å². The molecule has 4 nitrogen and oxygen atoms in total. The Morgan fingerprint density at radius 3 is 3.05 bits per heavy atom. The fourth-order valence-corrected chi connectivity index (χ4v) is 2.64. The number of ether oxygens (including phenoxy) is 2. The van der Waals surface area contributed by atoms with E-state index in [1.807, 2.05) is 25.1 Å². The van der Waals surface area contributed by atoms with E-state index in [4.69, 9.17) is 21.1 Å². The summed E-state index contributed by atoms with van der Waals surface area (Å²) in [6.45, 7) is 7.27. The van der Waals surface area contributed by atoms with Crippen molar-refractivity contribution in [2.75, 3.05) is 31.7 Å². The molecule has 0 amide bonds. The Hall–Kier alpha value is -0.970. The van der Waals surface area contributed by atoms with Crippen molar-refractivity contribution in [1.82, 2.24) is 5.32 Å². The lowest BCUT2D eigenvalue weighted by molar-refractivity contribution is 0.0731. The van der Waals surface area contributed by atoms with Gasteiger partial charge in [-0.2, -0.15) is 0 Å². The van der Waals surface area contributed by atoms with Gasteiger partial charge in [0.2, 0.25) is 0 Å². The predicted molar refractivity (Wildman–Crippen MR) is 82.9 cm³/mol. The molecule has 0 spiro atoms. The van der Waals surface area contributed by atoms with Crippen LogP contribution in [0.1, 0.15) is 20.3 Å². The number of hydrogen-bond donors (Lipinski definition) is 2. The molecular weight excluding hydrogens is 276 g/mol. The topological polar surface area (TPSA) is 42.5 Å². The second-order valence-corrected chi connectivity index (χ2v) is 5.49. The minimum atomic E-state index is 0.350. The fourth-order valence-electron chi connectivity index (χ4n) is 2.40. The molecule has 2 N–H and O–H groups in total. The van der Waals surface area contributed by atoms with E-state index >= 15 is 0 Å². The third kappa shape index (κ3) is 4.54. The molecule has 0 saturated carbocycles. The molecule has 0 radical (unpaired) electrons. The van der Waals surface area contributed by atoms with Crippen LogP contribution in [-0.4, -0.2) is 38.4 Å². The summed E-state index contributed by atoms with van der Waals surface area (Å²) in [5.41, 5.74) is 1.02. The largest absolute Gasteiger partial charge is 0.492 e. The van der Waals surface area contributed by atoms with Crippen molar-refractivity contribution in [3.63, 3.8) is 0 Å². The van der Waals surface area contributed by atoms with Gasteiger partial charge in [-0.25, -0.2) is 0 Å². The van der Waals surface area contributed by atoms with Crippen molar-refractivity contribution in [3.05, 3.63) is 23.2 Å². The summed E-state index contributed by atoms with van der Waals surface area (Å²) in [5.74, 6) is 0.731. The summed E-state index contributed by atoms with van der Waals surface area (Å²) >= 11 is 6.19. The minimum absolute atomic E-state index is 0.350. The van der Waals surface area contributed by atoms with Crippen molar-refractivity contribution >= 4 is 17.3 Å². The first-order valence-corrected chi connectivity index (χ1v) is 7.57. The number of hydrogen-bond acceptors (Lipinski definition) is 4. The third-order valence-corrected chi connectivity index (χ3v) is 3.58. The molecule has 2 atom stereocenters. The normalized spacial score (nSPS) is 20.4. The predicted octanol–water partition coefficient (Wildman–Crippen LogP) is 2.92. The van der Waals surface area contributed by atoms with Gasteiger partial charge in [0.25, 0.3) is 0 Å². The molecule has 1 saturated heterocycles. The first kappa shape index (κ1) is 15.4. The molecule has 112 valence electrons. The standard InChI is InChI=1S/C15H23ClN2O2/c1-3-20-15-5-4-12(9-14(15)16)18-11(2)8-13-10-19-7-6-17-13/h4-5,9,11,13,17-18H,3,6-8,10H2,1-2H3. The molecule has 1 aromatic rings. The van der Waals surface area contributed by atoms with E-state index in [1.165, 1.54) is 0 Å². The van der Waals surface area contributed by atoms with E-state index in [-0.39, 0.29) is 0 Å². The average Bonchev–Trinajstić information content (AvgIpc) is 2.43. The van der Waals surface area contributed by atoms with Gasteiger partial charge in [0.1, 0.15) is 5.75 Å². The summed E-state index contributed by atoms with van der Waals surface area (Å²) in [7, 11) is 0. The Bertz CT molecular complexity index is 422. The van der Waals surface area contributed by atoms with E-state index in [9.17, 15) is 0 Å². The van der Waals surface area contributed by atoms with Crippen molar-refractivity contribution < 1.29 is 9.47 Å². The highest BCUT2D eigenvalue weighted by molar-refractivity contribution is 6.32. The SMILES string of the molecule is CCOc1ccc(NC(C)CC2COCCN2)cc1Cl. The molecule has 1 aromatic carbocycles.